The fourth-order valence-electron chi connectivity index (χ4n) is 2.76. The van der Waals surface area contributed by atoms with Gasteiger partial charge in [-0.15, -0.1) is 0 Å². The molecule has 3 rings (SSSR count). The highest BCUT2D eigenvalue weighted by molar-refractivity contribution is 7.90. The third-order valence-corrected chi connectivity index (χ3v) is 5.61. The molecule has 0 saturated carbocycles. The molecule has 0 saturated heterocycles. The van der Waals surface area contributed by atoms with Crippen LogP contribution in [0.25, 0.3) is 0 Å². The average Bonchev–Trinajstić information content (AvgIpc) is 3.05. The van der Waals surface area contributed by atoms with Crippen LogP contribution >= 0.6 is 0 Å². The highest BCUT2D eigenvalue weighted by Gasteiger charge is 2.20. The lowest BCUT2D eigenvalue weighted by Gasteiger charge is -2.06. The van der Waals surface area contributed by atoms with Crippen molar-refractivity contribution in [3.05, 3.63) is 47.3 Å². The van der Waals surface area contributed by atoms with Crippen LogP contribution in [0.2, 0.25) is 0 Å². The van der Waals surface area contributed by atoms with Gasteiger partial charge in [-0.3, -0.25) is 4.68 Å². The summed E-state index contributed by atoms with van der Waals surface area (Å²) in [5.74, 6) is -0.0362. The first-order valence-corrected chi connectivity index (χ1v) is 8.99. The van der Waals surface area contributed by atoms with Crippen LogP contribution in [-0.4, -0.2) is 18.2 Å². The zero-order valence-electron chi connectivity index (χ0n) is 12.4. The lowest BCUT2D eigenvalue weighted by molar-refractivity contribution is 0.527. The number of aryl methyl sites for hydroxylation is 2. The van der Waals surface area contributed by atoms with Crippen LogP contribution < -0.4 is 0 Å². The molecule has 5 heteroatoms. The summed E-state index contributed by atoms with van der Waals surface area (Å²) in [6, 6.07) is 7.56. The maximum absolute atomic E-state index is 12.5. The summed E-state index contributed by atoms with van der Waals surface area (Å²) in [6.07, 6.45) is 5.00. The average molecular weight is 304 g/mol. The fraction of sp³-hybridized carbons (Fsp3) is 0.438. The lowest BCUT2D eigenvalue weighted by Crippen LogP contribution is -2.08. The molecule has 1 aromatic heterocycles. The first-order valence-electron chi connectivity index (χ1n) is 7.34. The molecule has 0 amide bonds. The van der Waals surface area contributed by atoms with E-state index in [0.29, 0.717) is 10.6 Å². The van der Waals surface area contributed by atoms with Gasteiger partial charge >= 0.3 is 0 Å². The molecule has 0 radical (unpaired) electrons. The van der Waals surface area contributed by atoms with Crippen molar-refractivity contribution >= 4 is 9.84 Å². The van der Waals surface area contributed by atoms with Crippen LogP contribution in [0, 0.1) is 0 Å². The predicted molar refractivity (Wildman–Crippen MR) is 82.0 cm³/mol. The molecule has 0 spiro atoms. The van der Waals surface area contributed by atoms with Gasteiger partial charge in [0.05, 0.1) is 16.3 Å². The van der Waals surface area contributed by atoms with E-state index in [9.17, 15) is 8.42 Å². The molecular formula is C16H20N2O2S. The maximum Gasteiger partial charge on any atom is 0.184 e. The number of nitrogens with zero attached hydrogens (tertiary/aromatic N) is 2. The lowest BCUT2D eigenvalue weighted by atomic mass is 10.1. The Morgan fingerprint density at radius 2 is 1.95 bits per heavy atom. The second kappa shape index (κ2) is 5.30. The second-order valence-corrected chi connectivity index (χ2v) is 7.91. The molecule has 0 unspecified atom stereocenters. The molecular weight excluding hydrogens is 284 g/mol. The number of hydrogen-bond donors (Lipinski definition) is 0. The van der Waals surface area contributed by atoms with Crippen molar-refractivity contribution in [2.45, 2.75) is 49.8 Å². The normalized spacial score (nSPS) is 14.6. The Balaban J connectivity index is 1.86. The van der Waals surface area contributed by atoms with Gasteiger partial charge in [0, 0.05) is 12.2 Å². The molecule has 1 heterocycles. The molecule has 1 aliphatic carbocycles. The second-order valence-electron chi connectivity index (χ2n) is 5.92. The van der Waals surface area contributed by atoms with E-state index in [1.165, 1.54) is 11.1 Å². The molecule has 0 bridgehead atoms. The molecule has 0 fully saturated rings. The summed E-state index contributed by atoms with van der Waals surface area (Å²) >= 11 is 0. The third kappa shape index (κ3) is 2.88. The number of aromatic nitrogens is 2. The Labute approximate surface area is 125 Å². The van der Waals surface area contributed by atoms with E-state index in [0.717, 1.165) is 19.3 Å². The predicted octanol–water partition coefficient (Wildman–Crippen LogP) is 2.93. The largest absolute Gasteiger partial charge is 0.270 e. The van der Waals surface area contributed by atoms with Crippen LogP contribution in [0.3, 0.4) is 0 Å². The number of benzene rings is 1. The van der Waals surface area contributed by atoms with Gasteiger partial charge in [-0.25, -0.2) is 8.42 Å². The van der Waals surface area contributed by atoms with Gasteiger partial charge in [-0.1, -0.05) is 6.07 Å². The summed E-state index contributed by atoms with van der Waals surface area (Å²) in [7, 11) is -3.32. The summed E-state index contributed by atoms with van der Waals surface area (Å²) in [5, 5.41) is 4.33. The van der Waals surface area contributed by atoms with Crippen molar-refractivity contribution < 1.29 is 8.42 Å². The SMILES string of the molecule is CC(C)n1ccc(CS(=O)(=O)c2ccc3c(c2)CCC3)n1. The molecule has 0 N–H and O–H groups in total. The molecule has 1 aliphatic rings. The van der Waals surface area contributed by atoms with Gasteiger partial charge in [-0.05, 0) is 62.4 Å². The minimum atomic E-state index is -3.32. The van der Waals surface area contributed by atoms with E-state index in [-0.39, 0.29) is 11.8 Å². The molecule has 4 nitrogen and oxygen atoms in total. The molecule has 112 valence electrons. The first kappa shape index (κ1) is 14.3. The van der Waals surface area contributed by atoms with Crippen molar-refractivity contribution in [3.63, 3.8) is 0 Å². The highest BCUT2D eigenvalue weighted by Crippen LogP contribution is 2.26. The molecule has 1 aromatic carbocycles. The molecule has 2 aromatic rings. The van der Waals surface area contributed by atoms with Crippen molar-refractivity contribution in [2.75, 3.05) is 0 Å². The van der Waals surface area contributed by atoms with Crippen molar-refractivity contribution in [2.24, 2.45) is 0 Å². The maximum atomic E-state index is 12.5. The van der Waals surface area contributed by atoms with Crippen LogP contribution in [0.5, 0.6) is 0 Å². The quantitative estimate of drug-likeness (QED) is 0.872. The molecule has 0 atom stereocenters. The minimum absolute atomic E-state index is 0.0362. The van der Waals surface area contributed by atoms with E-state index >= 15 is 0 Å². The topological polar surface area (TPSA) is 52.0 Å². The first-order chi connectivity index (χ1) is 9.95. The summed E-state index contributed by atoms with van der Waals surface area (Å²) in [6.45, 7) is 4.04. The minimum Gasteiger partial charge on any atom is -0.270 e. The number of sulfone groups is 1. The van der Waals surface area contributed by atoms with Crippen molar-refractivity contribution in [1.29, 1.82) is 0 Å². The van der Waals surface area contributed by atoms with Crippen molar-refractivity contribution in [3.8, 4) is 0 Å². The Bertz CT molecular complexity index is 760. The fourth-order valence-corrected chi connectivity index (χ4v) is 4.07. The Hall–Kier alpha value is -1.62. The Morgan fingerprint density at radius 1 is 1.19 bits per heavy atom. The van der Waals surface area contributed by atoms with Gasteiger partial charge in [0.2, 0.25) is 0 Å². The van der Waals surface area contributed by atoms with Crippen LogP contribution in [-0.2, 0) is 28.4 Å². The van der Waals surface area contributed by atoms with E-state index < -0.39 is 9.84 Å². The van der Waals surface area contributed by atoms with E-state index in [2.05, 4.69) is 5.10 Å². The van der Waals surface area contributed by atoms with Crippen molar-refractivity contribution in [1.82, 2.24) is 9.78 Å². The van der Waals surface area contributed by atoms with Crippen LogP contribution in [0.4, 0.5) is 0 Å². The smallest absolute Gasteiger partial charge is 0.184 e. The standard InChI is InChI=1S/C16H20N2O2S/c1-12(2)18-9-8-15(17-18)11-21(19,20)16-7-6-13-4-3-5-14(13)10-16/h6-10,12H,3-5,11H2,1-2H3. The highest BCUT2D eigenvalue weighted by atomic mass is 32.2. The summed E-state index contributed by atoms with van der Waals surface area (Å²) in [5.41, 5.74) is 3.08. The Kier molecular flexibility index (Phi) is 3.61. The van der Waals surface area contributed by atoms with E-state index in [1.807, 2.05) is 32.2 Å². The number of fused-ring (bicyclic) bond motifs is 1. The van der Waals surface area contributed by atoms with Gasteiger partial charge in [0.25, 0.3) is 0 Å². The number of rotatable bonds is 4. The monoisotopic (exact) mass is 304 g/mol. The van der Waals surface area contributed by atoms with E-state index in [4.69, 9.17) is 0 Å². The molecule has 21 heavy (non-hydrogen) atoms. The van der Waals surface area contributed by atoms with Gasteiger partial charge in [-0.2, -0.15) is 5.10 Å². The number of hydrogen-bond acceptors (Lipinski definition) is 3. The van der Waals surface area contributed by atoms with E-state index in [1.54, 1.807) is 16.8 Å². The van der Waals surface area contributed by atoms with Gasteiger partial charge < -0.3 is 0 Å². The van der Waals surface area contributed by atoms with Gasteiger partial charge in [0.15, 0.2) is 9.84 Å². The summed E-state index contributed by atoms with van der Waals surface area (Å²) < 4.78 is 26.8. The zero-order chi connectivity index (χ0) is 15.0. The molecule has 0 aliphatic heterocycles. The summed E-state index contributed by atoms with van der Waals surface area (Å²) in [4.78, 5) is 0.419. The van der Waals surface area contributed by atoms with Crippen LogP contribution in [0.15, 0.2) is 35.4 Å². The third-order valence-electron chi connectivity index (χ3n) is 3.96. The zero-order valence-corrected chi connectivity index (χ0v) is 13.2. The Morgan fingerprint density at radius 3 is 2.67 bits per heavy atom. The van der Waals surface area contributed by atoms with Gasteiger partial charge in [0.1, 0.15) is 0 Å². The van der Waals surface area contributed by atoms with Crippen LogP contribution in [0.1, 0.15) is 43.1 Å².